The van der Waals surface area contributed by atoms with Crippen LogP contribution in [0, 0.1) is 6.92 Å². The Labute approximate surface area is 633 Å². The van der Waals surface area contributed by atoms with Gasteiger partial charge in [-0.3, -0.25) is 38.5 Å². The molecule has 4 aromatic rings. The van der Waals surface area contributed by atoms with Crippen molar-refractivity contribution in [2.24, 2.45) is 5.73 Å². The molecule has 0 bridgehead atoms. The van der Waals surface area contributed by atoms with Crippen LogP contribution in [-0.4, -0.2) is 249 Å². The maximum Gasteiger partial charge on any atom is 0.416 e. The van der Waals surface area contributed by atoms with Crippen molar-refractivity contribution in [3.8, 4) is 28.7 Å². The number of imide groups is 1. The van der Waals surface area contributed by atoms with Gasteiger partial charge in [-0.25, -0.2) is 19.4 Å². The molecule has 110 heavy (non-hydrogen) atoms. The van der Waals surface area contributed by atoms with E-state index in [2.05, 4.69) is 13.2 Å². The molecule has 0 spiro atoms. The van der Waals surface area contributed by atoms with E-state index >= 15 is 0 Å². The molecule has 1 aliphatic carbocycles. The first-order chi connectivity index (χ1) is 52.7. The van der Waals surface area contributed by atoms with Crippen molar-refractivity contribution in [3.63, 3.8) is 0 Å². The van der Waals surface area contributed by atoms with Gasteiger partial charge in [0.1, 0.15) is 73.1 Å². The molecular formula is C78H94N6O26. The van der Waals surface area contributed by atoms with Crippen molar-refractivity contribution < 1.29 is 127 Å². The molecule has 11 rings (SSSR count). The maximum atomic E-state index is 14.7. The van der Waals surface area contributed by atoms with Crippen molar-refractivity contribution in [3.05, 3.63) is 136 Å². The number of hydrogen-bond acceptors (Lipinski definition) is 27. The highest BCUT2D eigenvalue weighted by Gasteiger charge is 2.49. The van der Waals surface area contributed by atoms with Gasteiger partial charge in [-0.2, -0.15) is 0 Å². The maximum absolute atomic E-state index is 14.7. The van der Waals surface area contributed by atoms with Gasteiger partial charge in [0, 0.05) is 76.9 Å². The zero-order chi connectivity index (χ0) is 78.9. The van der Waals surface area contributed by atoms with Crippen molar-refractivity contribution in [2.75, 3.05) is 70.1 Å². The zero-order valence-electron chi connectivity index (χ0n) is 61.4. The number of methoxy groups -OCH3 is 2. The summed E-state index contributed by atoms with van der Waals surface area (Å²) < 4.78 is 52.7. The van der Waals surface area contributed by atoms with Crippen molar-refractivity contribution >= 4 is 64.5 Å². The Morgan fingerprint density at radius 1 is 0.564 bits per heavy atom. The number of benzene rings is 4. The van der Waals surface area contributed by atoms with Gasteiger partial charge in [0.25, 0.3) is 23.6 Å². The minimum absolute atomic E-state index is 0.0102. The Balaban J connectivity index is 0.746. The number of carbonyl (C=O) groups excluding carboxylic acids is 9. The lowest BCUT2D eigenvalue weighted by Gasteiger charge is -2.35. The van der Waals surface area contributed by atoms with Crippen LogP contribution in [0.25, 0.3) is 0 Å². The number of hydrogen-bond donors (Lipinski definition) is 9. The third-order valence-corrected chi connectivity index (χ3v) is 20.7. The van der Waals surface area contributed by atoms with Gasteiger partial charge >= 0.3 is 12.2 Å². The number of unbranched alkanes of at least 4 members (excludes halogenated alkanes) is 4. The lowest BCUT2D eigenvalue weighted by atomic mass is 9.89. The molecule has 32 nitrogen and oxygen atoms in total. The standard InChI is InChI=1S/C78H94N6O26/c1-41-27-52-74(98)83(77(100)107-38-44-16-19-60(109-62-21-18-58(88)68(92)70(62)94)48(30-44)55(85)13-8-6-9-14-57(87)54(35-79)82-66(90)22-23-67(82)91)50-33-63(43(3)29-46(50)72(96)80(52)36-41)104-25-10-7-11-26-105-65-34-51-47(32-64(65)103-5)73(97)81-37-42(2)28-53(81)75(99)84(51)78(101)108-39-45-17-20-61(49(31-45)56(86)15-12-24-102-4)110-76-71(95)69(93)59(89)40-106-76/h16-17,19-20,22-23,29-34,52-54,58-59,62,68-71,74-76,88-89,92-95,98-99H,1-2,6-15,18,21,24-28,35-40,79H2,3-5H3/t52-,53-,54-,58+,59+,62+,68-,69-,70-,71+,74?,75?,76-/m0/s1. The topological polar surface area (TPSA) is 441 Å². The molecule has 10 N–H and O–H groups in total. The first kappa shape index (κ1) is 81.3. The van der Waals surface area contributed by atoms with E-state index in [0.29, 0.717) is 66.4 Å². The Morgan fingerprint density at radius 3 is 1.65 bits per heavy atom. The monoisotopic (exact) mass is 1530 g/mol. The molecule has 6 amide bonds. The molecule has 1 saturated carbocycles. The largest absolute Gasteiger partial charge is 0.493 e. The number of nitrogens with zero attached hydrogens (tertiary/aromatic N) is 5. The third-order valence-electron chi connectivity index (χ3n) is 20.7. The van der Waals surface area contributed by atoms with E-state index in [4.69, 9.17) is 48.4 Å². The van der Waals surface area contributed by atoms with Crippen LogP contribution in [-0.2, 0) is 46.5 Å². The SMILES string of the molecule is C=C1C[C@H]2C(O)N(C(=O)OCc3ccc(O[C@@H]4CC[C@@H](O)[C@H](O)[C@H]4O)c(C(=O)CCCCCC(=O)[C@H](CN)N4C(=O)C=CC4=O)c3)c3cc(OCCCCCOc4cc5c(cc4OC)C(=O)N4CC(=C)C[C@H]4C(O)N5C(=O)OCc4ccc(O[C@@H]5OC[C@@H](O)[C@H](O)[C@H]5O)c(C(=O)CCCOC)c4)c(C)cc3C(=O)N2C1. The molecule has 7 aliphatic rings. The molecule has 0 radical (unpaired) electrons. The Bertz CT molecular complexity index is 4190. The van der Waals surface area contributed by atoms with Gasteiger partial charge in [-0.15, -0.1) is 0 Å². The Kier molecular flexibility index (Phi) is 26.6. The highest BCUT2D eigenvalue weighted by molar-refractivity contribution is 6.15. The van der Waals surface area contributed by atoms with Crippen LogP contribution in [0.5, 0.6) is 28.7 Å². The normalized spacial score (nSPS) is 24.6. The number of fused-ring (bicyclic) bond motifs is 4. The Hall–Kier alpha value is -9.71. The smallest absolute Gasteiger partial charge is 0.416 e. The van der Waals surface area contributed by atoms with Crippen LogP contribution in [0.15, 0.2) is 97.1 Å². The average molecular weight is 1530 g/mol. The summed E-state index contributed by atoms with van der Waals surface area (Å²) >= 11 is 0. The van der Waals surface area contributed by atoms with Gasteiger partial charge in [0.05, 0.1) is 78.7 Å². The summed E-state index contributed by atoms with van der Waals surface area (Å²) in [7, 11) is 2.87. The first-order valence-electron chi connectivity index (χ1n) is 36.7. The van der Waals surface area contributed by atoms with Gasteiger partial charge in [-0.1, -0.05) is 42.9 Å². The number of ketones is 3. The van der Waals surface area contributed by atoms with Crippen LogP contribution in [0.3, 0.4) is 0 Å². The van der Waals surface area contributed by atoms with Crippen LogP contribution in [0.4, 0.5) is 21.0 Å². The van der Waals surface area contributed by atoms with Crippen LogP contribution >= 0.6 is 0 Å². The van der Waals surface area contributed by atoms with Crippen molar-refractivity contribution in [2.45, 2.75) is 190 Å². The van der Waals surface area contributed by atoms with Gasteiger partial charge in [-0.05, 0) is 124 Å². The quantitative estimate of drug-likeness (QED) is 0.0144. The van der Waals surface area contributed by atoms with Gasteiger partial charge in [0.2, 0.25) is 6.29 Å². The number of carbonyl (C=O) groups is 9. The summed E-state index contributed by atoms with van der Waals surface area (Å²) in [5.74, 6) is -2.97. The fraction of sp³-hybridized carbons (Fsp3) is 0.500. The predicted molar refractivity (Wildman–Crippen MR) is 388 cm³/mol. The molecule has 32 heteroatoms. The summed E-state index contributed by atoms with van der Waals surface area (Å²) in [6, 6.07) is 11.6. The number of nitrogens with two attached hydrogens (primary N) is 1. The van der Waals surface area contributed by atoms with Crippen molar-refractivity contribution in [1.29, 1.82) is 0 Å². The summed E-state index contributed by atoms with van der Waals surface area (Å²) in [5, 5.41) is 86.8. The molecule has 6 heterocycles. The number of aryl methyl sites for hydroxylation is 1. The minimum Gasteiger partial charge on any atom is -0.493 e. The van der Waals surface area contributed by atoms with Crippen molar-refractivity contribution in [1.82, 2.24) is 14.7 Å². The average Bonchev–Trinajstić information content (AvgIpc) is 1.60. The fourth-order valence-corrected chi connectivity index (χ4v) is 14.6. The summed E-state index contributed by atoms with van der Waals surface area (Å²) in [6.07, 6.45) is -11.5. The second kappa shape index (κ2) is 36.0. The second-order valence-electron chi connectivity index (χ2n) is 28.4. The van der Waals surface area contributed by atoms with E-state index in [1.165, 1.54) is 78.6 Å². The van der Waals surface area contributed by atoms with Crippen LogP contribution in [0.2, 0.25) is 0 Å². The molecule has 4 fully saturated rings. The van der Waals surface area contributed by atoms with E-state index in [0.717, 1.165) is 26.9 Å². The van der Waals surface area contributed by atoms with E-state index in [-0.39, 0.29) is 160 Å². The number of aliphatic hydroxyl groups is 8. The summed E-state index contributed by atoms with van der Waals surface area (Å²) in [6.45, 7) is 8.98. The number of anilines is 2. The molecule has 0 aromatic heterocycles. The molecule has 13 atom stereocenters. The third kappa shape index (κ3) is 17.9. The molecular weight excluding hydrogens is 1440 g/mol. The Morgan fingerprint density at radius 2 is 1.08 bits per heavy atom. The highest BCUT2D eigenvalue weighted by atomic mass is 16.7. The molecule has 6 aliphatic heterocycles. The van der Waals surface area contributed by atoms with Crippen LogP contribution < -0.4 is 39.2 Å². The predicted octanol–water partition coefficient (Wildman–Crippen LogP) is 4.13. The first-order valence-corrected chi connectivity index (χ1v) is 36.7. The van der Waals surface area contributed by atoms with E-state index < -0.39 is 146 Å². The van der Waals surface area contributed by atoms with Gasteiger partial charge in [0.15, 0.2) is 41.3 Å². The second-order valence-corrected chi connectivity index (χ2v) is 28.4. The number of amides is 6. The molecule has 3 saturated heterocycles. The highest BCUT2D eigenvalue weighted by Crippen LogP contribution is 2.44. The van der Waals surface area contributed by atoms with E-state index in [9.17, 15) is 84.0 Å². The summed E-state index contributed by atoms with van der Waals surface area (Å²) in [4.78, 5) is 129. The lowest BCUT2D eigenvalue weighted by molar-refractivity contribution is -0.242. The number of ether oxygens (including phenoxy) is 9. The summed E-state index contributed by atoms with van der Waals surface area (Å²) in [5.41, 5.74) is 8.25. The number of aliphatic hydroxyl groups excluding tert-OH is 8. The van der Waals surface area contributed by atoms with E-state index in [1.54, 1.807) is 13.0 Å². The molecule has 2 unspecified atom stereocenters. The number of Topliss-reactive ketones (excluding diaryl/α,β-unsaturated/α-hetero) is 3. The molecule has 4 aromatic carbocycles. The zero-order valence-corrected chi connectivity index (χ0v) is 61.4. The van der Waals surface area contributed by atoms with E-state index in [1.807, 2.05) is 0 Å². The van der Waals surface area contributed by atoms with Gasteiger partial charge < -0.3 is 99.0 Å². The minimum atomic E-state index is -1.67. The molecule has 592 valence electrons. The van der Waals surface area contributed by atoms with Crippen LogP contribution in [0.1, 0.15) is 148 Å². The fourth-order valence-electron chi connectivity index (χ4n) is 14.6. The number of rotatable bonds is 32. The lowest BCUT2D eigenvalue weighted by Crippen LogP contribution is -2.54.